The number of nitriles is 1. The first kappa shape index (κ1) is 12.7. The van der Waals surface area contributed by atoms with Crippen molar-refractivity contribution in [3.05, 3.63) is 48.0 Å². The summed E-state index contributed by atoms with van der Waals surface area (Å²) >= 11 is 0. The van der Waals surface area contributed by atoms with Gasteiger partial charge in [-0.05, 0) is 31.0 Å². The molecule has 3 rings (SSSR count). The van der Waals surface area contributed by atoms with Crippen molar-refractivity contribution in [2.75, 3.05) is 18.0 Å². The van der Waals surface area contributed by atoms with Gasteiger partial charge in [-0.1, -0.05) is 6.07 Å². The van der Waals surface area contributed by atoms with Crippen LogP contribution < -0.4 is 4.90 Å². The van der Waals surface area contributed by atoms with Gasteiger partial charge in [0.1, 0.15) is 17.4 Å². The smallest absolute Gasteiger partial charge is 0.143 e. The van der Waals surface area contributed by atoms with E-state index in [2.05, 4.69) is 10.00 Å². The second-order valence-electron chi connectivity index (χ2n) is 4.97. The van der Waals surface area contributed by atoms with Crippen molar-refractivity contribution in [2.24, 2.45) is 0 Å². The van der Waals surface area contributed by atoms with Crippen LogP contribution in [0.5, 0.6) is 0 Å². The first-order chi connectivity index (χ1) is 9.79. The zero-order chi connectivity index (χ0) is 13.9. The lowest BCUT2D eigenvalue weighted by molar-refractivity contribution is 0.376. The molecular weight excluding hydrogens is 255 g/mol. The molecule has 1 unspecified atom stereocenters. The highest BCUT2D eigenvalue weighted by Gasteiger charge is 2.24. The van der Waals surface area contributed by atoms with E-state index in [-0.39, 0.29) is 11.6 Å². The average molecular weight is 270 g/mol. The summed E-state index contributed by atoms with van der Waals surface area (Å²) in [6.45, 7) is 1.59. The van der Waals surface area contributed by atoms with Gasteiger partial charge in [0.2, 0.25) is 0 Å². The van der Waals surface area contributed by atoms with Crippen molar-refractivity contribution in [3.63, 3.8) is 0 Å². The molecule has 0 radical (unpaired) electrons. The SMILES string of the molecule is N#Cc1c(F)cccc1N1CCCC(n2cccn2)C1. The Kier molecular flexibility index (Phi) is 3.38. The van der Waals surface area contributed by atoms with E-state index in [0.29, 0.717) is 5.69 Å². The van der Waals surface area contributed by atoms with Crippen molar-refractivity contribution >= 4 is 5.69 Å². The number of anilines is 1. The number of nitrogens with zero attached hydrogens (tertiary/aromatic N) is 4. The van der Waals surface area contributed by atoms with Gasteiger partial charge in [-0.15, -0.1) is 0 Å². The zero-order valence-corrected chi connectivity index (χ0v) is 11.0. The van der Waals surface area contributed by atoms with Crippen LogP contribution in [0.1, 0.15) is 24.4 Å². The highest BCUT2D eigenvalue weighted by Crippen LogP contribution is 2.29. The van der Waals surface area contributed by atoms with Gasteiger partial charge < -0.3 is 4.90 Å². The normalized spacial score (nSPS) is 18.8. The molecule has 0 bridgehead atoms. The minimum Gasteiger partial charge on any atom is -0.368 e. The molecule has 0 spiro atoms. The highest BCUT2D eigenvalue weighted by atomic mass is 19.1. The summed E-state index contributed by atoms with van der Waals surface area (Å²) in [5, 5.41) is 13.4. The number of benzene rings is 1. The summed E-state index contributed by atoms with van der Waals surface area (Å²) in [5.74, 6) is -0.453. The average Bonchev–Trinajstić information content (AvgIpc) is 3.01. The van der Waals surface area contributed by atoms with E-state index in [9.17, 15) is 4.39 Å². The van der Waals surface area contributed by atoms with Gasteiger partial charge in [0.15, 0.2) is 0 Å². The molecule has 0 aliphatic carbocycles. The summed E-state index contributed by atoms with van der Waals surface area (Å²) in [6, 6.07) is 8.95. The molecule has 2 heterocycles. The lowest BCUT2D eigenvalue weighted by atomic mass is 10.0. The standard InChI is InChI=1S/C15H15FN4/c16-14-5-1-6-15(13(14)10-17)19-8-2-4-12(11-19)20-9-3-7-18-20/h1,3,5-7,9,12H,2,4,8,11H2. The highest BCUT2D eigenvalue weighted by molar-refractivity contribution is 5.60. The molecule has 2 aromatic rings. The van der Waals surface area contributed by atoms with Gasteiger partial charge in [0.05, 0.1) is 11.7 Å². The predicted molar refractivity (Wildman–Crippen MR) is 73.8 cm³/mol. The van der Waals surface area contributed by atoms with E-state index in [4.69, 9.17) is 5.26 Å². The zero-order valence-electron chi connectivity index (χ0n) is 11.0. The van der Waals surface area contributed by atoms with E-state index in [1.165, 1.54) is 6.07 Å². The molecule has 1 fully saturated rings. The number of piperidine rings is 1. The molecule has 102 valence electrons. The summed E-state index contributed by atoms with van der Waals surface area (Å²) in [4.78, 5) is 2.08. The third kappa shape index (κ3) is 2.25. The lowest BCUT2D eigenvalue weighted by Crippen LogP contribution is -2.37. The Morgan fingerprint density at radius 2 is 2.25 bits per heavy atom. The largest absolute Gasteiger partial charge is 0.368 e. The van der Waals surface area contributed by atoms with Crippen LogP contribution in [0.25, 0.3) is 0 Å². The Labute approximate surface area is 117 Å². The molecule has 5 heteroatoms. The van der Waals surface area contributed by atoms with E-state index >= 15 is 0 Å². The molecule has 0 N–H and O–H groups in total. The first-order valence-corrected chi connectivity index (χ1v) is 6.72. The topological polar surface area (TPSA) is 44.9 Å². The maximum atomic E-state index is 13.7. The van der Waals surface area contributed by atoms with E-state index in [0.717, 1.165) is 25.9 Å². The van der Waals surface area contributed by atoms with Gasteiger partial charge in [0, 0.05) is 25.5 Å². The minimum absolute atomic E-state index is 0.133. The van der Waals surface area contributed by atoms with Crippen molar-refractivity contribution in [1.82, 2.24) is 9.78 Å². The molecule has 4 nitrogen and oxygen atoms in total. The summed E-state index contributed by atoms with van der Waals surface area (Å²) in [6.07, 6.45) is 5.77. The number of hydrogen-bond acceptors (Lipinski definition) is 3. The van der Waals surface area contributed by atoms with Crippen LogP contribution >= 0.6 is 0 Å². The monoisotopic (exact) mass is 270 g/mol. The third-order valence-electron chi connectivity index (χ3n) is 3.74. The summed E-state index contributed by atoms with van der Waals surface area (Å²) < 4.78 is 15.7. The Balaban J connectivity index is 1.88. The maximum Gasteiger partial charge on any atom is 0.143 e. The Hall–Kier alpha value is -2.35. The van der Waals surface area contributed by atoms with Crippen LogP contribution in [0.15, 0.2) is 36.7 Å². The van der Waals surface area contributed by atoms with Gasteiger partial charge in [-0.25, -0.2) is 4.39 Å². The third-order valence-corrected chi connectivity index (χ3v) is 3.74. The van der Waals surface area contributed by atoms with Gasteiger partial charge >= 0.3 is 0 Å². The Bertz CT molecular complexity index is 630. The van der Waals surface area contributed by atoms with Crippen LogP contribution in [-0.4, -0.2) is 22.9 Å². The fourth-order valence-corrected chi connectivity index (χ4v) is 2.77. The van der Waals surface area contributed by atoms with Crippen LogP contribution in [-0.2, 0) is 0 Å². The van der Waals surface area contributed by atoms with Crippen molar-refractivity contribution in [2.45, 2.75) is 18.9 Å². The fraction of sp³-hybridized carbons (Fsp3) is 0.333. The molecule has 0 amide bonds. The number of aromatic nitrogens is 2. The fourth-order valence-electron chi connectivity index (χ4n) is 2.77. The molecule has 20 heavy (non-hydrogen) atoms. The summed E-state index contributed by atoms with van der Waals surface area (Å²) in [7, 11) is 0. The van der Waals surface area contributed by atoms with Crippen molar-refractivity contribution in [1.29, 1.82) is 5.26 Å². The van der Waals surface area contributed by atoms with Crippen LogP contribution in [0.2, 0.25) is 0 Å². The van der Waals surface area contributed by atoms with E-state index in [1.54, 1.807) is 12.3 Å². The van der Waals surface area contributed by atoms with Crippen molar-refractivity contribution in [3.8, 4) is 6.07 Å². The van der Waals surface area contributed by atoms with Crippen molar-refractivity contribution < 1.29 is 4.39 Å². The van der Waals surface area contributed by atoms with Gasteiger partial charge in [0.25, 0.3) is 0 Å². The molecule has 0 saturated carbocycles. The maximum absolute atomic E-state index is 13.7. The molecule has 1 aliphatic heterocycles. The summed E-state index contributed by atoms with van der Waals surface area (Å²) in [5.41, 5.74) is 0.818. The number of rotatable bonds is 2. The number of hydrogen-bond donors (Lipinski definition) is 0. The lowest BCUT2D eigenvalue weighted by Gasteiger charge is -2.35. The first-order valence-electron chi connectivity index (χ1n) is 6.72. The minimum atomic E-state index is -0.453. The molecule has 1 aromatic heterocycles. The quantitative estimate of drug-likeness (QED) is 0.843. The number of halogens is 1. The van der Waals surface area contributed by atoms with Crippen LogP contribution in [0.3, 0.4) is 0 Å². The van der Waals surface area contributed by atoms with Crippen LogP contribution in [0.4, 0.5) is 10.1 Å². The second-order valence-corrected chi connectivity index (χ2v) is 4.97. The molecule has 1 saturated heterocycles. The molecule has 1 aromatic carbocycles. The Morgan fingerprint density at radius 1 is 1.35 bits per heavy atom. The van der Waals surface area contributed by atoms with E-state index < -0.39 is 5.82 Å². The molecule has 1 atom stereocenters. The van der Waals surface area contributed by atoms with Crippen LogP contribution in [0, 0.1) is 17.1 Å². The van der Waals surface area contributed by atoms with Gasteiger partial charge in [-0.2, -0.15) is 10.4 Å². The Morgan fingerprint density at radius 3 is 3.00 bits per heavy atom. The predicted octanol–water partition coefficient (Wildman–Crippen LogP) is 2.74. The second kappa shape index (κ2) is 5.33. The molecular formula is C15H15FN4. The molecule has 1 aliphatic rings. The van der Waals surface area contributed by atoms with Gasteiger partial charge in [-0.3, -0.25) is 4.68 Å². The van der Waals surface area contributed by atoms with E-state index in [1.807, 2.05) is 29.1 Å².